The second-order valence-electron chi connectivity index (χ2n) is 7.27. The number of hydrogen-bond acceptors (Lipinski definition) is 4. The predicted octanol–water partition coefficient (Wildman–Crippen LogP) is 4.80. The van der Waals surface area contributed by atoms with E-state index >= 15 is 0 Å². The van der Waals surface area contributed by atoms with Crippen LogP contribution in [-0.2, 0) is 14.6 Å². The molecule has 0 aliphatic heterocycles. The second-order valence-corrected chi connectivity index (χ2v) is 9.34. The molecule has 0 bridgehead atoms. The molecule has 0 heterocycles. The Labute approximate surface area is 178 Å². The number of carbonyl (C=O) groups is 1. The van der Waals surface area contributed by atoms with Gasteiger partial charge in [0, 0.05) is 36.3 Å². The smallest absolute Gasteiger partial charge is 0.225 e. The minimum Gasteiger partial charge on any atom is -0.372 e. The van der Waals surface area contributed by atoms with Crippen molar-refractivity contribution in [1.82, 2.24) is 0 Å². The summed E-state index contributed by atoms with van der Waals surface area (Å²) in [7, 11) is -3.58. The van der Waals surface area contributed by atoms with Crippen LogP contribution in [-0.4, -0.2) is 33.2 Å². The predicted molar refractivity (Wildman–Crippen MR) is 124 cm³/mol. The second kappa shape index (κ2) is 9.30. The van der Waals surface area contributed by atoms with Gasteiger partial charge in [0.1, 0.15) is 0 Å². The van der Waals surface area contributed by atoms with Crippen molar-refractivity contribution in [2.24, 2.45) is 0 Å². The topological polar surface area (TPSA) is 66.5 Å². The first-order valence-corrected chi connectivity index (χ1v) is 11.9. The molecule has 6 heteroatoms. The van der Waals surface area contributed by atoms with E-state index in [-0.39, 0.29) is 23.0 Å². The van der Waals surface area contributed by atoms with Gasteiger partial charge in [0.15, 0.2) is 9.84 Å². The maximum atomic E-state index is 12.9. The van der Waals surface area contributed by atoms with Crippen LogP contribution in [0.25, 0.3) is 10.8 Å². The van der Waals surface area contributed by atoms with E-state index in [1.165, 1.54) is 0 Å². The van der Waals surface area contributed by atoms with Gasteiger partial charge in [-0.05, 0) is 56.0 Å². The van der Waals surface area contributed by atoms with E-state index in [0.29, 0.717) is 11.1 Å². The summed E-state index contributed by atoms with van der Waals surface area (Å²) in [6.45, 7) is 7.96. The van der Waals surface area contributed by atoms with Gasteiger partial charge in [0.25, 0.3) is 0 Å². The highest BCUT2D eigenvalue weighted by molar-refractivity contribution is 7.91. The molecule has 158 valence electrons. The number of rotatable bonds is 8. The molecule has 0 aromatic heterocycles. The van der Waals surface area contributed by atoms with E-state index in [4.69, 9.17) is 0 Å². The van der Waals surface area contributed by atoms with Crippen LogP contribution in [0.3, 0.4) is 0 Å². The Morgan fingerprint density at radius 1 is 0.967 bits per heavy atom. The Kier molecular flexibility index (Phi) is 6.77. The first-order chi connectivity index (χ1) is 14.4. The van der Waals surface area contributed by atoms with Gasteiger partial charge in [-0.1, -0.05) is 36.4 Å². The zero-order valence-corrected chi connectivity index (χ0v) is 18.5. The van der Waals surface area contributed by atoms with Crippen LogP contribution in [0.5, 0.6) is 0 Å². The van der Waals surface area contributed by atoms with Gasteiger partial charge in [-0.3, -0.25) is 4.79 Å². The van der Waals surface area contributed by atoms with Crippen molar-refractivity contribution in [2.45, 2.75) is 32.1 Å². The van der Waals surface area contributed by atoms with Crippen molar-refractivity contribution in [3.8, 4) is 0 Å². The number of carbonyl (C=O) groups excluding carboxylic acids is 1. The Balaban J connectivity index is 1.70. The third-order valence-corrected chi connectivity index (χ3v) is 7.06. The quantitative estimate of drug-likeness (QED) is 0.564. The van der Waals surface area contributed by atoms with E-state index in [1.54, 1.807) is 18.2 Å². The van der Waals surface area contributed by atoms with Crippen molar-refractivity contribution in [3.05, 3.63) is 66.2 Å². The molecule has 0 radical (unpaired) electrons. The van der Waals surface area contributed by atoms with Gasteiger partial charge in [0.2, 0.25) is 5.91 Å². The highest BCUT2D eigenvalue weighted by atomic mass is 32.2. The van der Waals surface area contributed by atoms with Gasteiger partial charge in [-0.25, -0.2) is 8.42 Å². The van der Waals surface area contributed by atoms with Crippen LogP contribution in [0.15, 0.2) is 65.6 Å². The Bertz CT molecular complexity index is 1150. The summed E-state index contributed by atoms with van der Waals surface area (Å²) >= 11 is 0. The van der Waals surface area contributed by atoms with Crippen LogP contribution >= 0.6 is 0 Å². The van der Waals surface area contributed by atoms with Crippen molar-refractivity contribution in [1.29, 1.82) is 0 Å². The average molecular weight is 425 g/mol. The number of hydrogen-bond donors (Lipinski definition) is 1. The largest absolute Gasteiger partial charge is 0.372 e. The molecule has 0 aliphatic rings. The van der Waals surface area contributed by atoms with E-state index in [2.05, 4.69) is 24.1 Å². The highest BCUT2D eigenvalue weighted by Gasteiger charge is 2.19. The lowest BCUT2D eigenvalue weighted by Gasteiger charge is -2.22. The van der Waals surface area contributed by atoms with Crippen LogP contribution in [0.1, 0.15) is 25.8 Å². The fourth-order valence-corrected chi connectivity index (χ4v) is 5.07. The highest BCUT2D eigenvalue weighted by Crippen LogP contribution is 2.25. The zero-order valence-electron chi connectivity index (χ0n) is 17.7. The minimum atomic E-state index is -3.58. The summed E-state index contributed by atoms with van der Waals surface area (Å²) in [5.74, 6) is -0.541. The lowest BCUT2D eigenvalue weighted by Crippen LogP contribution is -2.22. The van der Waals surface area contributed by atoms with E-state index < -0.39 is 9.84 Å². The Hall–Kier alpha value is -2.86. The SMILES string of the molecule is CCN(CC)c1ccc(NC(=O)CCS(=O)(=O)c2cccc3ccccc23)c(C)c1. The maximum Gasteiger partial charge on any atom is 0.225 e. The minimum absolute atomic E-state index is 0.0945. The normalized spacial score (nSPS) is 11.4. The van der Waals surface area contributed by atoms with Gasteiger partial charge < -0.3 is 10.2 Å². The van der Waals surface area contributed by atoms with Crippen LogP contribution in [0.2, 0.25) is 0 Å². The van der Waals surface area contributed by atoms with Crippen molar-refractivity contribution < 1.29 is 13.2 Å². The molecule has 0 atom stereocenters. The Morgan fingerprint density at radius 3 is 2.37 bits per heavy atom. The molecule has 0 unspecified atom stereocenters. The summed E-state index contributed by atoms with van der Waals surface area (Å²) in [4.78, 5) is 15.0. The fraction of sp³-hybridized carbons (Fsp3) is 0.292. The van der Waals surface area contributed by atoms with Crippen LogP contribution in [0.4, 0.5) is 11.4 Å². The maximum absolute atomic E-state index is 12.9. The number of anilines is 2. The van der Waals surface area contributed by atoms with E-state index in [9.17, 15) is 13.2 Å². The number of amides is 1. The molecule has 1 N–H and O–H groups in total. The molecular formula is C24H28N2O3S. The lowest BCUT2D eigenvalue weighted by molar-refractivity contribution is -0.115. The summed E-state index contributed by atoms with van der Waals surface area (Å²) in [6, 6.07) is 18.5. The van der Waals surface area contributed by atoms with Gasteiger partial charge in [-0.15, -0.1) is 0 Å². The number of aryl methyl sites for hydroxylation is 1. The molecule has 30 heavy (non-hydrogen) atoms. The van der Waals surface area contributed by atoms with Crippen molar-refractivity contribution in [2.75, 3.05) is 29.1 Å². The summed E-state index contributed by atoms with van der Waals surface area (Å²) in [6.07, 6.45) is -0.0945. The van der Waals surface area contributed by atoms with Crippen LogP contribution in [0, 0.1) is 6.92 Å². The molecule has 0 fully saturated rings. The molecule has 5 nitrogen and oxygen atoms in total. The third-order valence-electron chi connectivity index (χ3n) is 5.30. The monoisotopic (exact) mass is 424 g/mol. The van der Waals surface area contributed by atoms with Gasteiger partial charge in [-0.2, -0.15) is 0 Å². The van der Waals surface area contributed by atoms with Gasteiger partial charge >= 0.3 is 0 Å². The third kappa shape index (κ3) is 4.82. The first-order valence-electron chi connectivity index (χ1n) is 10.2. The Morgan fingerprint density at radius 2 is 1.67 bits per heavy atom. The number of nitrogens with one attached hydrogen (secondary N) is 1. The summed E-state index contributed by atoms with van der Waals surface area (Å²) in [5.41, 5.74) is 2.76. The molecule has 0 saturated heterocycles. The van der Waals surface area contributed by atoms with Crippen molar-refractivity contribution in [3.63, 3.8) is 0 Å². The fourth-order valence-electron chi connectivity index (χ4n) is 3.59. The van der Waals surface area contributed by atoms with Crippen molar-refractivity contribution >= 4 is 37.9 Å². The molecule has 3 aromatic rings. The first kappa shape index (κ1) is 21.8. The molecular weight excluding hydrogens is 396 g/mol. The van der Waals surface area contributed by atoms with Crippen LogP contribution < -0.4 is 10.2 Å². The molecule has 3 rings (SSSR count). The van der Waals surface area contributed by atoms with E-state index in [1.807, 2.05) is 49.4 Å². The zero-order chi connectivity index (χ0) is 21.7. The molecule has 0 saturated carbocycles. The molecule has 0 spiro atoms. The summed E-state index contributed by atoms with van der Waals surface area (Å²) in [5, 5.41) is 4.40. The van der Waals surface area contributed by atoms with Gasteiger partial charge in [0.05, 0.1) is 10.6 Å². The molecule has 1 amide bonds. The van der Waals surface area contributed by atoms with E-state index in [0.717, 1.165) is 29.7 Å². The molecule has 3 aromatic carbocycles. The number of sulfone groups is 1. The molecule has 0 aliphatic carbocycles. The standard InChI is InChI=1S/C24H28N2O3S/c1-4-26(5-2)20-13-14-22(18(3)17-20)25-24(27)15-16-30(28,29)23-12-8-10-19-9-6-7-11-21(19)23/h6-14,17H,4-5,15-16H2,1-3H3,(H,25,27). The number of benzene rings is 3. The summed E-state index contributed by atoms with van der Waals surface area (Å²) < 4.78 is 25.7. The number of fused-ring (bicyclic) bond motifs is 1. The number of nitrogens with zero attached hydrogens (tertiary/aromatic N) is 1. The average Bonchev–Trinajstić information content (AvgIpc) is 2.74. The lowest BCUT2D eigenvalue weighted by atomic mass is 10.1.